The molecule has 0 spiro atoms. The molecule has 1 aromatic heterocycles. The number of aromatic nitrogens is 2. The third kappa shape index (κ3) is 3.27. The molecule has 2 aromatic rings. The fourth-order valence-electron chi connectivity index (χ4n) is 1.76. The number of benzene rings is 1. The van der Waals surface area contributed by atoms with Crippen LogP contribution in [-0.4, -0.2) is 35.4 Å². The Morgan fingerprint density at radius 3 is 2.52 bits per heavy atom. The van der Waals surface area contributed by atoms with Gasteiger partial charge in [0.2, 0.25) is 5.89 Å². The molecule has 0 saturated heterocycles. The SMILES string of the molecule is Nc1nnc(-c2ccc(OCCOC3CC3(F)F)cc2)o1. The predicted octanol–water partition coefficient (Wildman–Crippen LogP) is 2.12. The maximum absolute atomic E-state index is 12.6. The van der Waals surface area contributed by atoms with Gasteiger partial charge < -0.3 is 19.6 Å². The molecule has 21 heavy (non-hydrogen) atoms. The van der Waals surface area contributed by atoms with E-state index in [0.29, 0.717) is 17.2 Å². The molecule has 0 aliphatic heterocycles. The lowest BCUT2D eigenvalue weighted by molar-refractivity contribution is 0.00418. The highest BCUT2D eigenvalue weighted by atomic mass is 19.3. The van der Waals surface area contributed by atoms with Crippen molar-refractivity contribution < 1.29 is 22.7 Å². The molecule has 1 saturated carbocycles. The summed E-state index contributed by atoms with van der Waals surface area (Å²) >= 11 is 0. The fourth-order valence-corrected chi connectivity index (χ4v) is 1.76. The van der Waals surface area contributed by atoms with E-state index in [1.165, 1.54) is 0 Å². The first-order valence-corrected chi connectivity index (χ1v) is 6.36. The Morgan fingerprint density at radius 1 is 1.24 bits per heavy atom. The van der Waals surface area contributed by atoms with Crippen LogP contribution in [0.4, 0.5) is 14.8 Å². The number of hydrogen-bond acceptors (Lipinski definition) is 6. The van der Waals surface area contributed by atoms with Gasteiger partial charge in [-0.1, -0.05) is 5.10 Å². The van der Waals surface area contributed by atoms with Gasteiger partial charge in [-0.2, -0.15) is 0 Å². The fraction of sp³-hybridized carbons (Fsp3) is 0.385. The molecule has 6 nitrogen and oxygen atoms in total. The van der Waals surface area contributed by atoms with Gasteiger partial charge in [0.1, 0.15) is 18.5 Å². The lowest BCUT2D eigenvalue weighted by Crippen LogP contribution is -2.11. The minimum Gasteiger partial charge on any atom is -0.491 e. The molecule has 0 bridgehead atoms. The van der Waals surface area contributed by atoms with Gasteiger partial charge >= 0.3 is 6.01 Å². The first kappa shape index (κ1) is 13.7. The van der Waals surface area contributed by atoms with Gasteiger partial charge in [0.05, 0.1) is 6.61 Å². The van der Waals surface area contributed by atoms with Crippen LogP contribution < -0.4 is 10.5 Å². The molecule has 2 N–H and O–H groups in total. The van der Waals surface area contributed by atoms with Crippen LogP contribution in [0.2, 0.25) is 0 Å². The number of nitrogens with two attached hydrogens (primary N) is 1. The lowest BCUT2D eigenvalue weighted by Gasteiger charge is -2.07. The van der Waals surface area contributed by atoms with Gasteiger partial charge in [-0.05, 0) is 24.3 Å². The van der Waals surface area contributed by atoms with Crippen molar-refractivity contribution in [3.05, 3.63) is 24.3 Å². The van der Waals surface area contributed by atoms with E-state index in [-0.39, 0.29) is 25.6 Å². The van der Waals surface area contributed by atoms with Gasteiger partial charge in [0.25, 0.3) is 5.92 Å². The predicted molar refractivity (Wildman–Crippen MR) is 68.9 cm³/mol. The number of rotatable bonds is 6. The average molecular weight is 297 g/mol. The summed E-state index contributed by atoms with van der Waals surface area (Å²) < 4.78 is 40.6. The van der Waals surface area contributed by atoms with Crippen LogP contribution in [0.25, 0.3) is 11.5 Å². The van der Waals surface area contributed by atoms with Crippen molar-refractivity contribution in [2.75, 3.05) is 18.9 Å². The Balaban J connectivity index is 1.46. The maximum Gasteiger partial charge on any atom is 0.313 e. The summed E-state index contributed by atoms with van der Waals surface area (Å²) in [6.07, 6.45) is -1.15. The molecule has 1 heterocycles. The van der Waals surface area contributed by atoms with Gasteiger partial charge in [-0.25, -0.2) is 8.78 Å². The molecule has 8 heteroatoms. The quantitative estimate of drug-likeness (QED) is 0.822. The Kier molecular flexibility index (Phi) is 3.46. The summed E-state index contributed by atoms with van der Waals surface area (Å²) in [7, 11) is 0. The number of anilines is 1. The second kappa shape index (κ2) is 5.28. The lowest BCUT2D eigenvalue weighted by atomic mass is 10.2. The van der Waals surface area contributed by atoms with Crippen molar-refractivity contribution in [3.8, 4) is 17.2 Å². The molecule has 1 atom stereocenters. The van der Waals surface area contributed by atoms with Crippen molar-refractivity contribution in [1.29, 1.82) is 0 Å². The summed E-state index contributed by atoms with van der Waals surface area (Å²) in [4.78, 5) is 0. The zero-order valence-corrected chi connectivity index (χ0v) is 11.0. The van der Waals surface area contributed by atoms with Crippen molar-refractivity contribution >= 4 is 6.01 Å². The molecular formula is C13H13F2N3O3. The third-order valence-electron chi connectivity index (χ3n) is 2.98. The van der Waals surface area contributed by atoms with Crippen LogP contribution in [0, 0.1) is 0 Å². The largest absolute Gasteiger partial charge is 0.491 e. The van der Waals surface area contributed by atoms with Gasteiger partial charge in [0.15, 0.2) is 0 Å². The normalized spacial score (nSPS) is 19.4. The van der Waals surface area contributed by atoms with Crippen molar-refractivity contribution in [2.45, 2.75) is 18.4 Å². The van der Waals surface area contributed by atoms with Crippen LogP contribution in [0.3, 0.4) is 0 Å². The van der Waals surface area contributed by atoms with E-state index in [1.807, 2.05) is 0 Å². The van der Waals surface area contributed by atoms with E-state index < -0.39 is 12.0 Å². The number of nitrogen functional groups attached to an aromatic ring is 1. The molecule has 3 rings (SSSR count). The molecule has 112 valence electrons. The Morgan fingerprint density at radius 2 is 1.95 bits per heavy atom. The van der Waals surface area contributed by atoms with Gasteiger partial charge in [-0.15, -0.1) is 5.10 Å². The number of alkyl halides is 2. The summed E-state index contributed by atoms with van der Waals surface area (Å²) in [6, 6.07) is 6.89. The minimum atomic E-state index is -2.66. The monoisotopic (exact) mass is 297 g/mol. The highest BCUT2D eigenvalue weighted by molar-refractivity contribution is 5.54. The molecule has 1 aliphatic rings. The zero-order chi connectivity index (χ0) is 14.9. The molecule has 1 aliphatic carbocycles. The Hall–Kier alpha value is -2.22. The molecule has 1 aromatic carbocycles. The van der Waals surface area contributed by atoms with Crippen molar-refractivity contribution in [2.24, 2.45) is 0 Å². The Bertz CT molecular complexity index is 615. The van der Waals surface area contributed by atoms with E-state index in [4.69, 9.17) is 19.6 Å². The second-order valence-corrected chi connectivity index (χ2v) is 4.64. The minimum absolute atomic E-state index is 0.000599. The van der Waals surface area contributed by atoms with Crippen molar-refractivity contribution in [3.63, 3.8) is 0 Å². The zero-order valence-electron chi connectivity index (χ0n) is 11.0. The van der Waals surface area contributed by atoms with Crippen LogP contribution in [0.1, 0.15) is 6.42 Å². The van der Waals surface area contributed by atoms with Crippen molar-refractivity contribution in [1.82, 2.24) is 10.2 Å². The number of ether oxygens (including phenoxy) is 2. The summed E-state index contributed by atoms with van der Waals surface area (Å²) in [5.74, 6) is -1.75. The number of nitrogens with zero attached hydrogens (tertiary/aromatic N) is 2. The van der Waals surface area contributed by atoms with E-state index in [2.05, 4.69) is 10.2 Å². The summed E-state index contributed by atoms with van der Waals surface area (Å²) in [5.41, 5.74) is 6.05. The van der Waals surface area contributed by atoms with E-state index in [9.17, 15) is 8.78 Å². The first-order chi connectivity index (χ1) is 10.0. The van der Waals surface area contributed by atoms with Crippen LogP contribution in [-0.2, 0) is 4.74 Å². The standard InChI is InChI=1S/C13H13F2N3O3/c14-13(15)7-10(13)20-6-5-19-9-3-1-8(2-4-9)11-17-18-12(16)21-11/h1-4,10H,5-7H2,(H2,16,18). The number of hydrogen-bond donors (Lipinski definition) is 1. The van der Waals surface area contributed by atoms with E-state index in [1.54, 1.807) is 24.3 Å². The van der Waals surface area contributed by atoms with Gasteiger partial charge in [-0.3, -0.25) is 0 Å². The summed E-state index contributed by atoms with van der Waals surface area (Å²) in [6.45, 7) is 0.335. The second-order valence-electron chi connectivity index (χ2n) is 4.64. The topological polar surface area (TPSA) is 83.4 Å². The molecular weight excluding hydrogens is 284 g/mol. The third-order valence-corrected chi connectivity index (χ3v) is 2.98. The van der Waals surface area contributed by atoms with E-state index in [0.717, 1.165) is 0 Å². The maximum atomic E-state index is 12.6. The van der Waals surface area contributed by atoms with Crippen LogP contribution in [0.5, 0.6) is 5.75 Å². The average Bonchev–Trinajstić information content (AvgIpc) is 2.85. The highest BCUT2D eigenvalue weighted by Crippen LogP contribution is 2.44. The van der Waals surface area contributed by atoms with Crippen LogP contribution >= 0.6 is 0 Å². The molecule has 0 amide bonds. The van der Waals surface area contributed by atoms with Gasteiger partial charge in [0, 0.05) is 12.0 Å². The first-order valence-electron chi connectivity index (χ1n) is 6.36. The summed E-state index contributed by atoms with van der Waals surface area (Å²) in [5, 5.41) is 7.32. The molecule has 1 unspecified atom stereocenters. The Labute approximate surface area is 118 Å². The van der Waals surface area contributed by atoms with E-state index >= 15 is 0 Å². The smallest absolute Gasteiger partial charge is 0.313 e. The molecule has 0 radical (unpaired) electrons. The van der Waals surface area contributed by atoms with Crippen LogP contribution in [0.15, 0.2) is 28.7 Å². The number of halogens is 2. The molecule has 1 fully saturated rings. The highest BCUT2D eigenvalue weighted by Gasteiger charge is 2.58.